The number of amides is 1. The second kappa shape index (κ2) is 7.89. The Balaban J connectivity index is 1.85. The van der Waals surface area contributed by atoms with E-state index in [2.05, 4.69) is 15.5 Å². The van der Waals surface area contributed by atoms with E-state index in [1.807, 2.05) is 0 Å². The molecule has 9 nitrogen and oxygen atoms in total. The summed E-state index contributed by atoms with van der Waals surface area (Å²) >= 11 is 0. The van der Waals surface area contributed by atoms with Gasteiger partial charge in [-0.2, -0.15) is 5.10 Å². The van der Waals surface area contributed by atoms with E-state index in [-0.39, 0.29) is 16.9 Å². The lowest BCUT2D eigenvalue weighted by Gasteiger charge is -2.07. The fourth-order valence-electron chi connectivity index (χ4n) is 2.68. The average molecular weight is 398 g/mol. The maximum absolute atomic E-state index is 13.4. The zero-order valence-corrected chi connectivity index (χ0v) is 15.3. The number of phenols is 1. The molecule has 0 saturated carbocycles. The number of benzene rings is 2. The van der Waals surface area contributed by atoms with Crippen molar-refractivity contribution >= 4 is 28.7 Å². The molecular weight excluding hydrogens is 383 g/mol. The number of hydrogen-bond donors (Lipinski definition) is 2. The predicted molar refractivity (Wildman–Crippen MR) is 103 cm³/mol. The van der Waals surface area contributed by atoms with Gasteiger partial charge in [-0.3, -0.25) is 19.9 Å². The molecule has 0 fully saturated rings. The van der Waals surface area contributed by atoms with E-state index in [9.17, 15) is 24.4 Å². The third-order valence-electron chi connectivity index (χ3n) is 4.09. The quantitative estimate of drug-likeness (QED) is 0.386. The maximum atomic E-state index is 13.4. The number of nitro benzene ring substituents is 1. The number of halogens is 1. The van der Waals surface area contributed by atoms with Crippen LogP contribution in [0.5, 0.6) is 11.5 Å². The highest BCUT2D eigenvalue weighted by Crippen LogP contribution is 2.36. The van der Waals surface area contributed by atoms with Gasteiger partial charge < -0.3 is 9.84 Å². The minimum Gasteiger partial charge on any atom is -0.500 e. The van der Waals surface area contributed by atoms with E-state index in [0.29, 0.717) is 16.6 Å². The summed E-state index contributed by atoms with van der Waals surface area (Å²) < 4.78 is 18.3. The van der Waals surface area contributed by atoms with Gasteiger partial charge in [-0.1, -0.05) is 0 Å². The topological polar surface area (TPSA) is 127 Å². The molecule has 0 bridgehead atoms. The number of rotatable bonds is 5. The number of aromatic nitrogens is 1. The van der Waals surface area contributed by atoms with E-state index in [1.54, 1.807) is 6.92 Å². The molecule has 1 heterocycles. The molecular formula is C19H15FN4O5. The van der Waals surface area contributed by atoms with Crippen LogP contribution in [0.15, 0.2) is 41.5 Å². The lowest BCUT2D eigenvalue weighted by atomic mass is 10.1. The molecule has 0 aliphatic heterocycles. The zero-order valence-electron chi connectivity index (χ0n) is 15.3. The van der Waals surface area contributed by atoms with Gasteiger partial charge in [0.15, 0.2) is 5.75 Å². The van der Waals surface area contributed by atoms with Gasteiger partial charge in [0.2, 0.25) is 5.75 Å². The van der Waals surface area contributed by atoms with Crippen molar-refractivity contribution in [2.24, 2.45) is 5.10 Å². The minimum absolute atomic E-state index is 0.108. The molecule has 3 aromatic rings. The number of nitrogens with one attached hydrogen (secondary N) is 1. The van der Waals surface area contributed by atoms with Crippen LogP contribution < -0.4 is 10.2 Å². The highest BCUT2D eigenvalue weighted by Gasteiger charge is 2.19. The molecule has 0 aliphatic carbocycles. The van der Waals surface area contributed by atoms with Crippen molar-refractivity contribution < 1.29 is 24.0 Å². The molecule has 2 aromatic carbocycles. The van der Waals surface area contributed by atoms with Crippen LogP contribution in [0.4, 0.5) is 10.1 Å². The van der Waals surface area contributed by atoms with Crippen LogP contribution in [0.3, 0.4) is 0 Å². The summed E-state index contributed by atoms with van der Waals surface area (Å²) in [6, 6.07) is 7.97. The van der Waals surface area contributed by atoms with Crippen molar-refractivity contribution in [2.75, 3.05) is 7.11 Å². The summed E-state index contributed by atoms with van der Waals surface area (Å²) in [5.41, 5.74) is 3.14. The van der Waals surface area contributed by atoms with Gasteiger partial charge in [0.05, 0.1) is 35.0 Å². The molecule has 0 atom stereocenters. The Kier molecular flexibility index (Phi) is 5.35. The Morgan fingerprint density at radius 3 is 2.79 bits per heavy atom. The van der Waals surface area contributed by atoms with Gasteiger partial charge in [-0.25, -0.2) is 9.82 Å². The summed E-state index contributed by atoms with van der Waals surface area (Å²) in [4.78, 5) is 26.9. The predicted octanol–water partition coefficient (Wildman–Crippen LogP) is 3.07. The smallest absolute Gasteiger partial charge is 0.315 e. The molecule has 2 N–H and O–H groups in total. The standard InChI is InChI=1S/C19H15FN4O5/c1-10-14(8-12-7-13(20)3-4-15(12)22-10)19(26)23-21-9-11-5-16(24(27)28)18(25)17(6-11)29-2/h3-9,25H,1-2H3,(H,23,26)/b21-9+. The molecule has 1 amide bonds. The number of phenolic OH excluding ortho intramolecular Hbond substituents is 1. The van der Waals surface area contributed by atoms with Crippen LogP contribution in [0.25, 0.3) is 10.9 Å². The summed E-state index contributed by atoms with van der Waals surface area (Å²) in [6.45, 7) is 1.63. The molecule has 0 saturated heterocycles. The van der Waals surface area contributed by atoms with Crippen molar-refractivity contribution in [3.05, 3.63) is 69.2 Å². The molecule has 3 rings (SSSR count). The first-order valence-corrected chi connectivity index (χ1v) is 8.26. The molecule has 0 unspecified atom stereocenters. The van der Waals surface area contributed by atoms with Crippen molar-refractivity contribution in [1.29, 1.82) is 0 Å². The number of carbonyl (C=O) groups is 1. The number of aromatic hydroxyl groups is 1. The van der Waals surface area contributed by atoms with E-state index in [0.717, 1.165) is 12.3 Å². The number of carbonyl (C=O) groups excluding carboxylic acids is 1. The molecule has 1 aromatic heterocycles. The Hall–Kier alpha value is -4.08. The molecule has 0 radical (unpaired) electrons. The van der Waals surface area contributed by atoms with Crippen LogP contribution in [-0.2, 0) is 0 Å². The van der Waals surface area contributed by atoms with Gasteiger partial charge >= 0.3 is 5.69 Å². The number of methoxy groups -OCH3 is 1. The maximum Gasteiger partial charge on any atom is 0.315 e. The molecule has 0 spiro atoms. The highest BCUT2D eigenvalue weighted by molar-refractivity contribution is 5.99. The Labute approximate surface area is 163 Å². The summed E-state index contributed by atoms with van der Waals surface area (Å²) in [6.07, 6.45) is 1.16. The first-order chi connectivity index (χ1) is 13.8. The van der Waals surface area contributed by atoms with Crippen LogP contribution in [0, 0.1) is 22.9 Å². The van der Waals surface area contributed by atoms with Crippen LogP contribution >= 0.6 is 0 Å². The minimum atomic E-state index is -0.767. The third kappa shape index (κ3) is 4.10. The average Bonchev–Trinajstić information content (AvgIpc) is 2.68. The van der Waals surface area contributed by atoms with Crippen molar-refractivity contribution in [1.82, 2.24) is 10.4 Å². The lowest BCUT2D eigenvalue weighted by Crippen LogP contribution is -2.19. The van der Waals surface area contributed by atoms with Gasteiger partial charge in [0.25, 0.3) is 5.91 Å². The Bertz CT molecular complexity index is 1160. The molecule has 29 heavy (non-hydrogen) atoms. The molecule has 10 heteroatoms. The number of nitrogens with zero attached hydrogens (tertiary/aromatic N) is 3. The summed E-state index contributed by atoms with van der Waals surface area (Å²) in [7, 11) is 1.25. The van der Waals surface area contributed by atoms with E-state index < -0.39 is 28.1 Å². The zero-order chi connectivity index (χ0) is 21.1. The van der Waals surface area contributed by atoms with Crippen molar-refractivity contribution in [3.8, 4) is 11.5 Å². The number of pyridine rings is 1. The third-order valence-corrected chi connectivity index (χ3v) is 4.09. The normalized spacial score (nSPS) is 11.0. The Morgan fingerprint density at radius 2 is 2.10 bits per heavy atom. The lowest BCUT2D eigenvalue weighted by molar-refractivity contribution is -0.386. The summed E-state index contributed by atoms with van der Waals surface area (Å²) in [5.74, 6) is -1.75. The Morgan fingerprint density at radius 1 is 1.34 bits per heavy atom. The van der Waals surface area contributed by atoms with Gasteiger partial charge in [0.1, 0.15) is 5.82 Å². The van der Waals surface area contributed by atoms with Crippen molar-refractivity contribution in [2.45, 2.75) is 6.92 Å². The second-order valence-electron chi connectivity index (χ2n) is 6.01. The summed E-state index contributed by atoms with van der Waals surface area (Å²) in [5, 5.41) is 25.0. The van der Waals surface area contributed by atoms with Crippen LogP contribution in [0.2, 0.25) is 0 Å². The van der Waals surface area contributed by atoms with Gasteiger partial charge in [-0.05, 0) is 37.3 Å². The van der Waals surface area contributed by atoms with E-state index in [4.69, 9.17) is 4.74 Å². The number of hydrazone groups is 1. The van der Waals surface area contributed by atoms with Gasteiger partial charge in [-0.15, -0.1) is 0 Å². The second-order valence-corrected chi connectivity index (χ2v) is 6.01. The number of hydrogen-bond acceptors (Lipinski definition) is 7. The largest absolute Gasteiger partial charge is 0.500 e. The highest BCUT2D eigenvalue weighted by atomic mass is 19.1. The van der Waals surface area contributed by atoms with Crippen LogP contribution in [0.1, 0.15) is 21.6 Å². The van der Waals surface area contributed by atoms with Crippen molar-refractivity contribution in [3.63, 3.8) is 0 Å². The first kappa shape index (κ1) is 19.7. The van der Waals surface area contributed by atoms with E-state index in [1.165, 1.54) is 37.4 Å². The molecule has 148 valence electrons. The first-order valence-electron chi connectivity index (χ1n) is 8.26. The fraction of sp³-hybridized carbons (Fsp3) is 0.105. The van der Waals surface area contributed by atoms with Gasteiger partial charge in [0, 0.05) is 17.0 Å². The number of nitro groups is 1. The monoisotopic (exact) mass is 398 g/mol. The number of aryl methyl sites for hydroxylation is 1. The van der Waals surface area contributed by atoms with Crippen LogP contribution in [-0.4, -0.2) is 34.2 Å². The number of fused-ring (bicyclic) bond motifs is 1. The molecule has 0 aliphatic rings. The SMILES string of the molecule is COc1cc(/C=N/NC(=O)c2cc3cc(F)ccc3nc2C)cc([N+](=O)[O-])c1O. The fourth-order valence-corrected chi connectivity index (χ4v) is 2.68. The van der Waals surface area contributed by atoms with E-state index >= 15 is 0 Å². The number of ether oxygens (including phenoxy) is 1.